The molecular weight excluding hydrogens is 440 g/mol. The second-order valence-electron chi connectivity index (χ2n) is 10.4. The lowest BCUT2D eigenvalue weighted by Crippen LogP contribution is -2.35. The number of rotatable bonds is 17. The van der Waals surface area contributed by atoms with E-state index in [1.165, 1.54) is 70.6 Å². The Balaban J connectivity index is 1.40. The molecule has 0 aromatic heterocycles. The summed E-state index contributed by atoms with van der Waals surface area (Å²) in [6.07, 6.45) is 14.9. The van der Waals surface area contributed by atoms with E-state index >= 15 is 0 Å². The maximum absolute atomic E-state index is 12.8. The number of ether oxygens (including phenoxy) is 2. The van der Waals surface area contributed by atoms with Crippen molar-refractivity contribution < 1.29 is 19.4 Å². The Kier molecular flexibility index (Phi) is 12.7. The van der Waals surface area contributed by atoms with Crippen molar-refractivity contribution in [3.05, 3.63) is 23.8 Å². The fraction of sp³-hybridized carbons (Fsp3) is 0.759. The predicted molar refractivity (Wildman–Crippen MR) is 141 cm³/mol. The van der Waals surface area contributed by atoms with Crippen molar-refractivity contribution in [2.75, 3.05) is 39.4 Å². The highest BCUT2D eigenvalue weighted by atomic mass is 16.6. The van der Waals surface area contributed by atoms with E-state index in [2.05, 4.69) is 17.1 Å². The summed E-state index contributed by atoms with van der Waals surface area (Å²) in [4.78, 5) is 15.1. The van der Waals surface area contributed by atoms with Gasteiger partial charge in [-0.05, 0) is 50.0 Å². The van der Waals surface area contributed by atoms with E-state index in [-0.39, 0.29) is 11.8 Å². The summed E-state index contributed by atoms with van der Waals surface area (Å²) >= 11 is 0. The highest BCUT2D eigenvalue weighted by molar-refractivity contribution is 5.76. The molecule has 35 heavy (non-hydrogen) atoms. The fourth-order valence-corrected chi connectivity index (χ4v) is 5.24. The molecule has 1 fully saturated rings. The third kappa shape index (κ3) is 10.0. The van der Waals surface area contributed by atoms with Gasteiger partial charge in [0.25, 0.3) is 0 Å². The van der Waals surface area contributed by atoms with Gasteiger partial charge < -0.3 is 24.8 Å². The van der Waals surface area contributed by atoms with Crippen molar-refractivity contribution in [3.8, 4) is 11.5 Å². The number of nitrogens with zero attached hydrogens (tertiary/aromatic N) is 1. The first-order valence-corrected chi connectivity index (χ1v) is 14.2. The molecule has 1 aromatic rings. The van der Waals surface area contributed by atoms with Gasteiger partial charge in [0.2, 0.25) is 5.91 Å². The molecule has 2 aliphatic heterocycles. The molecule has 1 aromatic carbocycles. The first-order valence-electron chi connectivity index (χ1n) is 14.2. The standard InChI is InChI=1S/C29H48N2O4/c1-2-3-4-5-6-7-8-9-10-11-16-30-28(32)22-25(23-31-17-12-13-18-31)29(33)24-14-15-26-27(21-24)35-20-19-34-26/h14-15,21,25,29,33H,2-13,16-20,22-23H2,1H3,(H,30,32)/t25-,29-/m1/s1. The van der Waals surface area contributed by atoms with Gasteiger partial charge in [-0.3, -0.25) is 4.79 Å². The Morgan fingerprint density at radius 1 is 0.943 bits per heavy atom. The van der Waals surface area contributed by atoms with Gasteiger partial charge in [-0.25, -0.2) is 0 Å². The highest BCUT2D eigenvalue weighted by Crippen LogP contribution is 2.35. The zero-order chi connectivity index (χ0) is 24.7. The van der Waals surface area contributed by atoms with Crippen molar-refractivity contribution in [2.45, 2.75) is 96.5 Å². The maximum Gasteiger partial charge on any atom is 0.220 e. The number of aliphatic hydroxyl groups is 1. The summed E-state index contributed by atoms with van der Waals surface area (Å²) in [5.41, 5.74) is 0.793. The predicted octanol–water partition coefficient (Wildman–Crippen LogP) is 5.63. The van der Waals surface area contributed by atoms with Crippen LogP contribution in [0.3, 0.4) is 0 Å². The van der Waals surface area contributed by atoms with Gasteiger partial charge in [0, 0.05) is 25.4 Å². The number of unbranched alkanes of at least 4 members (excludes halogenated alkanes) is 9. The van der Waals surface area contributed by atoms with Crippen molar-refractivity contribution >= 4 is 5.91 Å². The second-order valence-corrected chi connectivity index (χ2v) is 10.4. The van der Waals surface area contributed by atoms with Crippen molar-refractivity contribution in [2.24, 2.45) is 5.92 Å². The third-order valence-electron chi connectivity index (χ3n) is 7.35. The van der Waals surface area contributed by atoms with Gasteiger partial charge in [-0.1, -0.05) is 70.8 Å². The van der Waals surface area contributed by atoms with Crippen LogP contribution in [0, 0.1) is 5.92 Å². The van der Waals surface area contributed by atoms with E-state index in [0.717, 1.165) is 43.9 Å². The molecule has 0 spiro atoms. The lowest BCUT2D eigenvalue weighted by molar-refractivity contribution is -0.123. The number of carbonyl (C=O) groups is 1. The zero-order valence-corrected chi connectivity index (χ0v) is 21.9. The SMILES string of the molecule is CCCCCCCCCCCCNC(=O)C[C@H](CN1CCCC1)[C@H](O)c1ccc2c(c1)OCCO2. The van der Waals surface area contributed by atoms with Crippen LogP contribution in [0.25, 0.3) is 0 Å². The Morgan fingerprint density at radius 3 is 2.26 bits per heavy atom. The van der Waals surface area contributed by atoms with Crippen LogP contribution in [-0.2, 0) is 4.79 Å². The van der Waals surface area contributed by atoms with Crippen molar-refractivity contribution in [1.29, 1.82) is 0 Å². The van der Waals surface area contributed by atoms with Gasteiger partial charge in [0.1, 0.15) is 13.2 Å². The van der Waals surface area contributed by atoms with Crippen molar-refractivity contribution in [3.63, 3.8) is 0 Å². The van der Waals surface area contributed by atoms with E-state index in [4.69, 9.17) is 9.47 Å². The van der Waals surface area contributed by atoms with E-state index in [9.17, 15) is 9.90 Å². The van der Waals surface area contributed by atoms with Crippen LogP contribution in [0.15, 0.2) is 18.2 Å². The number of benzene rings is 1. The molecule has 0 aliphatic carbocycles. The zero-order valence-electron chi connectivity index (χ0n) is 21.9. The summed E-state index contributed by atoms with van der Waals surface area (Å²) in [7, 11) is 0. The number of likely N-dealkylation sites (tertiary alicyclic amines) is 1. The molecule has 2 N–H and O–H groups in total. The molecule has 6 heteroatoms. The average molecular weight is 489 g/mol. The molecule has 1 saturated heterocycles. The second kappa shape index (κ2) is 16.1. The minimum atomic E-state index is -0.713. The number of aliphatic hydroxyl groups excluding tert-OH is 1. The number of hydrogen-bond donors (Lipinski definition) is 2. The normalized spacial score (nSPS) is 17.3. The van der Waals surface area contributed by atoms with Gasteiger partial charge in [-0.2, -0.15) is 0 Å². The van der Waals surface area contributed by atoms with Crippen LogP contribution < -0.4 is 14.8 Å². The first-order chi connectivity index (χ1) is 17.2. The van der Waals surface area contributed by atoms with E-state index in [1.54, 1.807) is 0 Å². The number of nitrogens with one attached hydrogen (secondary N) is 1. The minimum Gasteiger partial charge on any atom is -0.486 e. The molecule has 0 radical (unpaired) electrons. The van der Waals surface area contributed by atoms with Crippen molar-refractivity contribution in [1.82, 2.24) is 10.2 Å². The largest absolute Gasteiger partial charge is 0.486 e. The molecule has 6 nitrogen and oxygen atoms in total. The minimum absolute atomic E-state index is 0.0433. The topological polar surface area (TPSA) is 71.0 Å². The Bertz CT molecular complexity index is 735. The summed E-state index contributed by atoms with van der Waals surface area (Å²) in [6, 6.07) is 5.64. The lowest BCUT2D eigenvalue weighted by Gasteiger charge is -2.28. The summed E-state index contributed by atoms with van der Waals surface area (Å²) in [5, 5.41) is 14.4. The molecule has 0 unspecified atom stereocenters. The van der Waals surface area contributed by atoms with E-state index < -0.39 is 6.10 Å². The van der Waals surface area contributed by atoms with Crippen LogP contribution in [0.1, 0.15) is 102 Å². The molecule has 0 bridgehead atoms. The smallest absolute Gasteiger partial charge is 0.220 e. The number of carbonyl (C=O) groups excluding carboxylic acids is 1. The Morgan fingerprint density at radius 2 is 1.57 bits per heavy atom. The summed E-state index contributed by atoms with van der Waals surface area (Å²) < 4.78 is 11.3. The molecule has 2 aliphatic rings. The number of fused-ring (bicyclic) bond motifs is 1. The molecule has 2 heterocycles. The Labute approximate surface area is 212 Å². The van der Waals surface area contributed by atoms with Gasteiger partial charge in [-0.15, -0.1) is 0 Å². The first kappa shape index (κ1) is 27.8. The highest BCUT2D eigenvalue weighted by Gasteiger charge is 2.28. The molecular formula is C29H48N2O4. The van der Waals surface area contributed by atoms with Gasteiger partial charge in [0.05, 0.1) is 6.10 Å². The van der Waals surface area contributed by atoms with Gasteiger partial charge in [0.15, 0.2) is 11.5 Å². The molecule has 0 saturated carbocycles. The van der Waals surface area contributed by atoms with Crippen LogP contribution in [0.4, 0.5) is 0 Å². The Hall–Kier alpha value is -1.79. The van der Waals surface area contributed by atoms with Crippen LogP contribution in [0.2, 0.25) is 0 Å². The monoisotopic (exact) mass is 488 g/mol. The molecule has 2 atom stereocenters. The van der Waals surface area contributed by atoms with Crippen LogP contribution >= 0.6 is 0 Å². The third-order valence-corrected chi connectivity index (χ3v) is 7.35. The van der Waals surface area contributed by atoms with Crippen LogP contribution in [0.5, 0.6) is 11.5 Å². The molecule has 3 rings (SSSR count). The van der Waals surface area contributed by atoms with Crippen LogP contribution in [-0.4, -0.2) is 55.3 Å². The average Bonchev–Trinajstić information content (AvgIpc) is 3.39. The number of hydrogen-bond acceptors (Lipinski definition) is 5. The molecule has 1 amide bonds. The van der Waals surface area contributed by atoms with Gasteiger partial charge >= 0.3 is 0 Å². The fourth-order valence-electron chi connectivity index (χ4n) is 5.24. The lowest BCUT2D eigenvalue weighted by atomic mass is 9.91. The number of amides is 1. The van der Waals surface area contributed by atoms with E-state index in [0.29, 0.717) is 25.4 Å². The molecule has 198 valence electrons. The van der Waals surface area contributed by atoms with E-state index in [1.807, 2.05) is 18.2 Å². The summed E-state index contributed by atoms with van der Waals surface area (Å²) in [6.45, 7) is 6.88. The maximum atomic E-state index is 12.8. The quantitative estimate of drug-likeness (QED) is 0.278. The summed E-state index contributed by atoms with van der Waals surface area (Å²) in [5.74, 6) is 1.29.